The number of carbonyl (C=O) groups excluding carboxylic acids is 1. The zero-order valence-corrected chi connectivity index (χ0v) is 11.9. The number of hydrogen-bond donors (Lipinski definition) is 0. The second-order valence-corrected chi connectivity index (χ2v) is 5.11. The van der Waals surface area contributed by atoms with E-state index >= 15 is 0 Å². The number of alkyl halides is 3. The molecule has 0 aliphatic rings. The lowest BCUT2D eigenvalue weighted by molar-refractivity contribution is -0.137. The quantitative estimate of drug-likeness (QED) is 0.721. The van der Waals surface area contributed by atoms with Crippen LogP contribution in [0.4, 0.5) is 13.2 Å². The van der Waals surface area contributed by atoms with Gasteiger partial charge in [-0.2, -0.15) is 13.2 Å². The van der Waals surface area contributed by atoms with Crippen LogP contribution in [-0.4, -0.2) is 5.78 Å². The first kappa shape index (κ1) is 15.6. The summed E-state index contributed by atoms with van der Waals surface area (Å²) in [7, 11) is 0. The molecule has 110 valence electrons. The number of Topliss-reactive ketones (excluding diaryl/α,β-unsaturated/α-hetero) is 1. The SMILES string of the molecule is Cc1cccc(C(=O)Cc2cccc(C(F)(F)F)c2)c1Cl. The van der Waals surface area contributed by atoms with Crippen LogP contribution in [0, 0.1) is 6.92 Å². The topological polar surface area (TPSA) is 17.1 Å². The Morgan fingerprint density at radius 2 is 1.81 bits per heavy atom. The molecular formula is C16H12ClF3O. The molecule has 2 rings (SSSR count). The van der Waals surface area contributed by atoms with Gasteiger partial charge in [0, 0.05) is 12.0 Å². The lowest BCUT2D eigenvalue weighted by Gasteiger charge is -2.09. The lowest BCUT2D eigenvalue weighted by atomic mass is 10.00. The third-order valence-corrected chi connectivity index (χ3v) is 3.61. The minimum absolute atomic E-state index is 0.118. The first-order chi connectivity index (χ1) is 9.79. The van der Waals surface area contributed by atoms with E-state index < -0.39 is 11.7 Å². The molecule has 1 nitrogen and oxygen atoms in total. The largest absolute Gasteiger partial charge is 0.416 e. The summed E-state index contributed by atoms with van der Waals surface area (Å²) < 4.78 is 37.9. The maximum atomic E-state index is 12.6. The summed E-state index contributed by atoms with van der Waals surface area (Å²) >= 11 is 6.06. The zero-order chi connectivity index (χ0) is 15.6. The van der Waals surface area contributed by atoms with Crippen molar-refractivity contribution in [2.75, 3.05) is 0 Å². The van der Waals surface area contributed by atoms with Crippen LogP contribution in [0.3, 0.4) is 0 Å². The fraction of sp³-hybridized carbons (Fsp3) is 0.188. The van der Waals surface area contributed by atoms with Gasteiger partial charge in [-0.3, -0.25) is 4.79 Å². The molecule has 0 spiro atoms. The van der Waals surface area contributed by atoms with Crippen LogP contribution in [0.15, 0.2) is 42.5 Å². The highest BCUT2D eigenvalue weighted by Gasteiger charge is 2.30. The second kappa shape index (κ2) is 5.90. The third-order valence-electron chi connectivity index (χ3n) is 3.11. The monoisotopic (exact) mass is 312 g/mol. The highest BCUT2D eigenvalue weighted by molar-refractivity contribution is 6.34. The van der Waals surface area contributed by atoms with Gasteiger partial charge in [0.05, 0.1) is 10.6 Å². The number of carbonyl (C=O) groups is 1. The Morgan fingerprint density at radius 3 is 2.48 bits per heavy atom. The summed E-state index contributed by atoms with van der Waals surface area (Å²) in [6.45, 7) is 1.77. The molecule has 2 aromatic rings. The maximum Gasteiger partial charge on any atom is 0.416 e. The highest BCUT2D eigenvalue weighted by Crippen LogP contribution is 2.30. The van der Waals surface area contributed by atoms with Crippen LogP contribution in [0.5, 0.6) is 0 Å². The number of aryl methyl sites for hydroxylation is 1. The third kappa shape index (κ3) is 3.64. The molecule has 2 aromatic carbocycles. The van der Waals surface area contributed by atoms with Crippen molar-refractivity contribution in [3.8, 4) is 0 Å². The molecule has 5 heteroatoms. The van der Waals surface area contributed by atoms with Crippen LogP contribution < -0.4 is 0 Å². The summed E-state index contributed by atoms with van der Waals surface area (Å²) in [6, 6.07) is 9.80. The number of ketones is 1. The van der Waals surface area contributed by atoms with Crippen molar-refractivity contribution in [1.82, 2.24) is 0 Å². The van der Waals surface area contributed by atoms with Gasteiger partial charge >= 0.3 is 6.18 Å². The van der Waals surface area contributed by atoms with Crippen LogP contribution in [0.2, 0.25) is 5.02 Å². The van der Waals surface area contributed by atoms with Gasteiger partial charge in [-0.25, -0.2) is 0 Å². The Hall–Kier alpha value is -1.81. The number of hydrogen-bond acceptors (Lipinski definition) is 1. The van der Waals surface area contributed by atoms with Crippen molar-refractivity contribution >= 4 is 17.4 Å². The van der Waals surface area contributed by atoms with Crippen LogP contribution in [-0.2, 0) is 12.6 Å². The lowest BCUT2D eigenvalue weighted by Crippen LogP contribution is -2.08. The van der Waals surface area contributed by atoms with E-state index in [2.05, 4.69) is 0 Å². The maximum absolute atomic E-state index is 12.6. The average molecular weight is 313 g/mol. The van der Waals surface area contributed by atoms with E-state index in [9.17, 15) is 18.0 Å². The Morgan fingerprint density at radius 1 is 1.14 bits per heavy atom. The molecule has 0 fully saturated rings. The zero-order valence-electron chi connectivity index (χ0n) is 11.2. The summed E-state index contributed by atoms with van der Waals surface area (Å²) in [5.41, 5.74) is 0.635. The average Bonchev–Trinajstić information content (AvgIpc) is 2.41. The molecule has 0 atom stereocenters. The van der Waals surface area contributed by atoms with E-state index in [-0.39, 0.29) is 12.2 Å². The van der Waals surface area contributed by atoms with Crippen molar-refractivity contribution in [3.05, 3.63) is 69.7 Å². The van der Waals surface area contributed by atoms with E-state index in [1.54, 1.807) is 25.1 Å². The summed E-state index contributed by atoms with van der Waals surface area (Å²) in [5.74, 6) is -0.303. The molecule has 0 saturated carbocycles. The molecule has 0 N–H and O–H groups in total. The Bertz CT molecular complexity index is 677. The van der Waals surface area contributed by atoms with E-state index in [0.717, 1.165) is 17.7 Å². The molecule has 0 unspecified atom stereocenters. The first-order valence-corrected chi connectivity index (χ1v) is 6.61. The van der Waals surface area contributed by atoms with E-state index in [1.165, 1.54) is 12.1 Å². The summed E-state index contributed by atoms with van der Waals surface area (Å²) in [4.78, 5) is 12.2. The second-order valence-electron chi connectivity index (χ2n) is 4.73. The molecule has 0 saturated heterocycles. The van der Waals surface area contributed by atoms with E-state index in [4.69, 9.17) is 11.6 Å². The van der Waals surface area contributed by atoms with Crippen LogP contribution in [0.25, 0.3) is 0 Å². The Balaban J connectivity index is 2.26. The molecule has 0 aliphatic carbocycles. The summed E-state index contributed by atoms with van der Waals surface area (Å²) in [6.07, 6.45) is -4.53. The molecule has 0 radical (unpaired) electrons. The molecule has 0 heterocycles. The predicted octanol–water partition coefficient (Wildman–Crippen LogP) is 5.09. The Kier molecular flexibility index (Phi) is 4.37. The number of benzene rings is 2. The van der Waals surface area contributed by atoms with Gasteiger partial charge in [0.1, 0.15) is 0 Å². The molecule has 0 aliphatic heterocycles. The normalized spacial score (nSPS) is 11.5. The minimum atomic E-state index is -4.42. The summed E-state index contributed by atoms with van der Waals surface area (Å²) in [5, 5.41) is 0.342. The molecule has 21 heavy (non-hydrogen) atoms. The van der Waals surface area contributed by atoms with Crippen molar-refractivity contribution < 1.29 is 18.0 Å². The fourth-order valence-electron chi connectivity index (χ4n) is 2.00. The van der Waals surface area contributed by atoms with Crippen LogP contribution >= 0.6 is 11.6 Å². The van der Waals surface area contributed by atoms with E-state index in [0.29, 0.717) is 16.1 Å². The number of halogens is 4. The molecule has 0 bridgehead atoms. The predicted molar refractivity (Wildman–Crippen MR) is 75.7 cm³/mol. The van der Waals surface area contributed by atoms with Gasteiger partial charge in [0.15, 0.2) is 5.78 Å². The van der Waals surface area contributed by atoms with Gasteiger partial charge in [-0.15, -0.1) is 0 Å². The van der Waals surface area contributed by atoms with Gasteiger partial charge < -0.3 is 0 Å². The Labute approximate surface area is 125 Å². The van der Waals surface area contributed by atoms with Crippen molar-refractivity contribution in [3.63, 3.8) is 0 Å². The standard InChI is InChI=1S/C16H12ClF3O/c1-10-4-2-7-13(15(10)17)14(21)9-11-5-3-6-12(8-11)16(18,19)20/h2-8H,9H2,1H3. The number of rotatable bonds is 3. The first-order valence-electron chi connectivity index (χ1n) is 6.23. The van der Waals surface area contributed by atoms with Crippen LogP contribution in [0.1, 0.15) is 27.0 Å². The van der Waals surface area contributed by atoms with Crippen molar-refractivity contribution in [1.29, 1.82) is 0 Å². The van der Waals surface area contributed by atoms with Gasteiger partial charge in [0.25, 0.3) is 0 Å². The van der Waals surface area contributed by atoms with Crippen molar-refractivity contribution in [2.24, 2.45) is 0 Å². The van der Waals surface area contributed by atoms with Gasteiger partial charge in [-0.1, -0.05) is 41.9 Å². The molecule has 0 aromatic heterocycles. The van der Waals surface area contributed by atoms with Crippen molar-refractivity contribution in [2.45, 2.75) is 19.5 Å². The fourth-order valence-corrected chi connectivity index (χ4v) is 2.23. The smallest absolute Gasteiger partial charge is 0.294 e. The van der Waals surface area contributed by atoms with Gasteiger partial charge in [0.2, 0.25) is 0 Å². The van der Waals surface area contributed by atoms with E-state index in [1.807, 2.05) is 0 Å². The molecular weight excluding hydrogens is 301 g/mol. The minimum Gasteiger partial charge on any atom is -0.294 e. The highest BCUT2D eigenvalue weighted by atomic mass is 35.5. The molecule has 0 amide bonds. The van der Waals surface area contributed by atoms with Gasteiger partial charge in [-0.05, 0) is 30.2 Å².